The van der Waals surface area contributed by atoms with E-state index in [1.165, 1.54) is 26.0 Å². The van der Waals surface area contributed by atoms with E-state index in [4.69, 9.17) is 9.51 Å². The van der Waals surface area contributed by atoms with Crippen molar-refractivity contribution in [1.29, 1.82) is 0 Å². The Kier molecular flexibility index (Phi) is 7.41. The summed E-state index contributed by atoms with van der Waals surface area (Å²) >= 11 is 0. The van der Waals surface area contributed by atoms with E-state index in [1.807, 2.05) is 22.8 Å². The number of hydrogen-bond acceptors (Lipinski definition) is 7. The van der Waals surface area contributed by atoms with Gasteiger partial charge in [-0.25, -0.2) is 19.5 Å². The molecule has 0 bridgehead atoms. The summed E-state index contributed by atoms with van der Waals surface area (Å²) in [5.74, 6) is 0.354. The Morgan fingerprint density at radius 2 is 1.95 bits per heavy atom. The number of carbonyl (C=O) groups is 1. The van der Waals surface area contributed by atoms with Gasteiger partial charge in [0.25, 0.3) is 5.91 Å². The zero-order valence-corrected chi connectivity index (χ0v) is 23.5. The number of aromatic nitrogens is 4. The summed E-state index contributed by atoms with van der Waals surface area (Å²) in [5.41, 5.74) is 2.88. The third kappa shape index (κ3) is 5.84. The lowest BCUT2D eigenvalue weighted by Gasteiger charge is -2.24. The van der Waals surface area contributed by atoms with Crippen LogP contribution < -0.4 is 10.1 Å². The van der Waals surface area contributed by atoms with Gasteiger partial charge >= 0.3 is 14.4 Å². The minimum atomic E-state index is -4.76. The molecule has 0 unspecified atom stereocenters. The van der Waals surface area contributed by atoms with Crippen LogP contribution in [0.2, 0.25) is 0 Å². The zero-order chi connectivity index (χ0) is 29.7. The van der Waals surface area contributed by atoms with Gasteiger partial charge in [-0.2, -0.15) is 8.78 Å². The average molecular weight is 588 g/mol. The number of rotatable bonds is 8. The second kappa shape index (κ2) is 10.6. The Bertz CT molecular complexity index is 1700. The summed E-state index contributed by atoms with van der Waals surface area (Å²) in [4.78, 5) is 45.0. The molecule has 0 spiro atoms. The molecule has 0 saturated carbocycles. The Morgan fingerprint density at radius 3 is 2.63 bits per heavy atom. The van der Waals surface area contributed by atoms with Crippen LogP contribution in [0.15, 0.2) is 42.6 Å². The molecule has 1 amide bonds. The van der Waals surface area contributed by atoms with E-state index >= 15 is 0 Å². The second-order valence-electron chi connectivity index (χ2n) is 10.2. The van der Waals surface area contributed by atoms with Crippen molar-refractivity contribution in [3.63, 3.8) is 0 Å². The van der Waals surface area contributed by atoms with Crippen LogP contribution >= 0.6 is 7.82 Å². The van der Waals surface area contributed by atoms with Gasteiger partial charge in [0.1, 0.15) is 17.2 Å². The number of phosphoric ester groups is 1. The summed E-state index contributed by atoms with van der Waals surface area (Å²) in [6.07, 6.45) is 2.19. The molecule has 4 aromatic rings. The van der Waals surface area contributed by atoms with E-state index in [-0.39, 0.29) is 23.2 Å². The van der Waals surface area contributed by atoms with Crippen molar-refractivity contribution in [2.75, 3.05) is 0 Å². The van der Waals surface area contributed by atoms with Crippen molar-refractivity contribution in [2.24, 2.45) is 0 Å². The zero-order valence-electron chi connectivity index (χ0n) is 22.6. The molecule has 216 valence electrons. The molecule has 2 aromatic carbocycles. The predicted molar refractivity (Wildman–Crippen MR) is 144 cm³/mol. The van der Waals surface area contributed by atoms with Crippen LogP contribution in [0.25, 0.3) is 22.2 Å². The molecule has 0 fully saturated rings. The molecule has 2 aromatic heterocycles. The first-order chi connectivity index (χ1) is 19.2. The number of halogens is 2. The van der Waals surface area contributed by atoms with Crippen LogP contribution in [-0.2, 0) is 21.2 Å². The first kappa shape index (κ1) is 28.7. The van der Waals surface area contributed by atoms with Crippen LogP contribution in [0.4, 0.5) is 8.78 Å². The Labute approximate surface area is 233 Å². The number of aryl methyl sites for hydroxylation is 2. The molecule has 5 rings (SSSR count). The Hall–Kier alpha value is -3.77. The van der Waals surface area contributed by atoms with Gasteiger partial charge in [-0.05, 0) is 63.9 Å². The number of alkyl halides is 2. The van der Waals surface area contributed by atoms with Crippen molar-refractivity contribution in [2.45, 2.75) is 58.9 Å². The minimum absolute atomic E-state index is 0.0518. The molecule has 1 aliphatic rings. The van der Waals surface area contributed by atoms with E-state index < -0.39 is 25.9 Å². The normalized spacial score (nSPS) is 15.4. The van der Waals surface area contributed by atoms with Gasteiger partial charge in [-0.1, -0.05) is 12.1 Å². The molecule has 3 N–H and O–H groups in total. The maximum atomic E-state index is 13.1. The van der Waals surface area contributed by atoms with Gasteiger partial charge in [-0.15, -0.1) is 0 Å². The first-order valence-electron chi connectivity index (χ1n) is 12.7. The topological polar surface area (TPSA) is 149 Å². The molecule has 11 nitrogen and oxygen atoms in total. The average Bonchev–Trinajstić information content (AvgIpc) is 3.43. The van der Waals surface area contributed by atoms with Gasteiger partial charge in [0.15, 0.2) is 5.82 Å². The number of nitrogens with zero attached hydrogens (tertiary/aromatic N) is 4. The van der Waals surface area contributed by atoms with E-state index in [2.05, 4.69) is 20.0 Å². The van der Waals surface area contributed by atoms with Gasteiger partial charge in [0.05, 0.1) is 17.1 Å². The largest absolute Gasteiger partial charge is 0.470 e. The van der Waals surface area contributed by atoms with Gasteiger partial charge in [-0.3, -0.25) is 9.32 Å². The number of amides is 1. The fraction of sp³-hybridized carbons (Fsp3) is 0.333. The number of phosphoric acid groups is 1. The summed E-state index contributed by atoms with van der Waals surface area (Å²) in [6.45, 7) is 3.90. The van der Waals surface area contributed by atoms with Crippen molar-refractivity contribution < 1.29 is 37.2 Å². The molecular formula is C27H28F2N5O6P. The van der Waals surface area contributed by atoms with Crippen molar-refractivity contribution in [3.05, 3.63) is 71.1 Å². The maximum absolute atomic E-state index is 13.1. The maximum Gasteiger partial charge on any atom is 0.470 e. The molecule has 1 aliphatic heterocycles. The Balaban J connectivity index is 1.40. The first-order valence-corrected chi connectivity index (χ1v) is 14.2. The van der Waals surface area contributed by atoms with Gasteiger partial charge in [0, 0.05) is 35.1 Å². The monoisotopic (exact) mass is 587 g/mol. The summed E-state index contributed by atoms with van der Waals surface area (Å²) in [5, 5.41) is 2.97. The van der Waals surface area contributed by atoms with Crippen LogP contribution in [0, 0.1) is 13.8 Å². The molecular weight excluding hydrogens is 559 g/mol. The fourth-order valence-corrected chi connectivity index (χ4v) is 5.71. The number of benzene rings is 2. The molecule has 14 heteroatoms. The molecule has 0 aliphatic carbocycles. The number of nitrogens with one attached hydrogen (secondary N) is 1. The second-order valence-corrected chi connectivity index (χ2v) is 11.4. The quantitative estimate of drug-likeness (QED) is 0.244. The molecule has 0 saturated heterocycles. The van der Waals surface area contributed by atoms with E-state index in [9.17, 15) is 27.9 Å². The van der Waals surface area contributed by atoms with Crippen molar-refractivity contribution in [1.82, 2.24) is 24.8 Å². The van der Waals surface area contributed by atoms with Crippen LogP contribution in [0.3, 0.4) is 0 Å². The summed E-state index contributed by atoms with van der Waals surface area (Å²) in [7, 11) is -4.76. The Morgan fingerprint density at radius 1 is 1.20 bits per heavy atom. The predicted octanol–water partition coefficient (Wildman–Crippen LogP) is 4.93. The van der Waals surface area contributed by atoms with Crippen LogP contribution in [-0.4, -0.2) is 41.8 Å². The smallest absolute Gasteiger partial charge is 0.435 e. The fourth-order valence-electron chi connectivity index (χ4n) is 5.03. The van der Waals surface area contributed by atoms with Gasteiger partial charge < -0.3 is 24.4 Å². The highest BCUT2D eigenvalue weighted by atomic mass is 31.2. The number of hydrogen-bond donors (Lipinski definition) is 3. The van der Waals surface area contributed by atoms with Crippen LogP contribution in [0.1, 0.15) is 59.6 Å². The molecule has 41 heavy (non-hydrogen) atoms. The van der Waals surface area contributed by atoms with E-state index in [0.29, 0.717) is 30.0 Å². The lowest BCUT2D eigenvalue weighted by atomic mass is 10.0. The number of fused-ring (bicyclic) bond motifs is 3. The third-order valence-electron chi connectivity index (χ3n) is 6.96. The SMILES string of the molecule is Cc1nc(C(C)(C)OP(=O)(O)O)ncc1-c1ccc2nc3n(c2c1)CC[C@H]3NC(=O)c1cccc(OC(F)F)c1C. The highest BCUT2D eigenvalue weighted by Gasteiger charge is 2.34. The van der Waals surface area contributed by atoms with E-state index in [1.54, 1.807) is 26.1 Å². The number of carbonyl (C=O) groups excluding carboxylic acids is 1. The number of imidazole rings is 1. The highest BCUT2D eigenvalue weighted by molar-refractivity contribution is 7.46. The van der Waals surface area contributed by atoms with Gasteiger partial charge in [0.2, 0.25) is 0 Å². The van der Waals surface area contributed by atoms with Crippen LogP contribution in [0.5, 0.6) is 5.75 Å². The highest BCUT2D eigenvalue weighted by Crippen LogP contribution is 2.44. The summed E-state index contributed by atoms with van der Waals surface area (Å²) < 4.78 is 48.2. The van der Waals surface area contributed by atoms with Crippen molar-refractivity contribution >= 4 is 24.8 Å². The molecule has 1 atom stereocenters. The van der Waals surface area contributed by atoms with E-state index in [0.717, 1.165) is 22.2 Å². The summed E-state index contributed by atoms with van der Waals surface area (Å²) in [6, 6.07) is 9.75. The van der Waals surface area contributed by atoms with Crippen molar-refractivity contribution in [3.8, 4) is 16.9 Å². The molecule has 3 heterocycles. The number of ether oxygens (including phenoxy) is 1. The third-order valence-corrected chi connectivity index (χ3v) is 7.65. The standard InChI is InChI=1S/C27H28F2N5O6P/c1-14-17(6-5-7-22(14)39-26(28)29)24(35)33-20-10-11-34-21-12-16(8-9-19(21)32-23(20)34)18-13-30-25(31-15(18)2)27(3,4)40-41(36,37)38/h5-9,12-13,20,26H,10-11H2,1-4H3,(H,33,35)(H2,36,37,38)/t20-/m1/s1. The lowest BCUT2D eigenvalue weighted by Crippen LogP contribution is -2.28. The lowest BCUT2D eigenvalue weighted by molar-refractivity contribution is -0.0503. The molecule has 0 radical (unpaired) electrons. The minimum Gasteiger partial charge on any atom is -0.435 e.